The summed E-state index contributed by atoms with van der Waals surface area (Å²) >= 11 is 0. The predicted molar refractivity (Wildman–Crippen MR) is 81.3 cm³/mol. The van der Waals surface area contributed by atoms with E-state index in [1.165, 1.54) is 0 Å². The van der Waals surface area contributed by atoms with Gasteiger partial charge < -0.3 is 14.0 Å². The molecule has 23 heavy (non-hydrogen) atoms. The second-order valence-electron chi connectivity index (χ2n) is 5.87. The maximum Gasteiger partial charge on any atom is 0.316 e. The number of aromatic nitrogens is 4. The molecule has 1 aliphatic heterocycles. The summed E-state index contributed by atoms with van der Waals surface area (Å²) in [5.74, 6) is 2.28. The van der Waals surface area contributed by atoms with Crippen molar-refractivity contribution in [3.05, 3.63) is 24.1 Å². The molecule has 2 aromatic rings. The number of nitrogens with zero attached hydrogens (tertiary/aromatic N) is 5. The molecule has 0 bridgehead atoms. The average molecular weight is 319 g/mol. The lowest BCUT2D eigenvalue weighted by atomic mass is 10.2. The Hall–Kier alpha value is -2.22. The molecular formula is C15H21N5O3. The summed E-state index contributed by atoms with van der Waals surface area (Å²) in [6.45, 7) is 6.43. The van der Waals surface area contributed by atoms with E-state index in [1.807, 2.05) is 13.8 Å². The van der Waals surface area contributed by atoms with E-state index in [9.17, 15) is 0 Å². The van der Waals surface area contributed by atoms with E-state index in [0.717, 1.165) is 25.3 Å². The number of likely N-dealkylation sites (tertiary alicyclic amines) is 1. The lowest BCUT2D eigenvalue weighted by Crippen LogP contribution is -2.25. The van der Waals surface area contributed by atoms with E-state index >= 15 is 0 Å². The van der Waals surface area contributed by atoms with Crippen molar-refractivity contribution in [2.75, 3.05) is 20.2 Å². The largest absolute Gasteiger partial charge is 0.494 e. The van der Waals surface area contributed by atoms with Crippen LogP contribution in [0.25, 0.3) is 0 Å². The fourth-order valence-corrected chi connectivity index (χ4v) is 2.41. The van der Waals surface area contributed by atoms with E-state index in [2.05, 4.69) is 25.0 Å². The lowest BCUT2D eigenvalue weighted by Gasteiger charge is -2.14. The van der Waals surface area contributed by atoms with Crippen LogP contribution in [0, 0.1) is 0 Å². The van der Waals surface area contributed by atoms with Gasteiger partial charge in [-0.15, -0.1) is 0 Å². The Morgan fingerprint density at radius 3 is 2.78 bits per heavy atom. The third-order valence-electron chi connectivity index (χ3n) is 3.70. The number of ether oxygens (including phenoxy) is 2. The van der Waals surface area contributed by atoms with Crippen LogP contribution in [0.3, 0.4) is 0 Å². The molecule has 3 rings (SSSR count). The van der Waals surface area contributed by atoms with E-state index in [4.69, 9.17) is 14.0 Å². The summed E-state index contributed by atoms with van der Waals surface area (Å²) in [6.07, 6.45) is 4.18. The molecule has 0 saturated carbocycles. The molecule has 2 aromatic heterocycles. The predicted octanol–water partition coefficient (Wildman–Crippen LogP) is 1.64. The smallest absolute Gasteiger partial charge is 0.316 e. The summed E-state index contributed by atoms with van der Waals surface area (Å²) in [4.78, 5) is 14.9. The molecule has 0 spiro atoms. The van der Waals surface area contributed by atoms with Gasteiger partial charge in [0, 0.05) is 19.0 Å². The van der Waals surface area contributed by atoms with Crippen LogP contribution in [0.5, 0.6) is 11.8 Å². The maximum atomic E-state index is 5.80. The molecule has 1 saturated heterocycles. The zero-order chi connectivity index (χ0) is 16.2. The average Bonchev–Trinajstić information content (AvgIpc) is 3.18. The maximum absolute atomic E-state index is 5.80. The molecule has 0 N–H and O–H groups in total. The minimum absolute atomic E-state index is 0.0656. The first kappa shape index (κ1) is 15.7. The summed E-state index contributed by atoms with van der Waals surface area (Å²) < 4.78 is 16.1. The molecule has 0 radical (unpaired) electrons. The van der Waals surface area contributed by atoms with Gasteiger partial charge in [0.05, 0.1) is 26.0 Å². The van der Waals surface area contributed by atoms with E-state index in [0.29, 0.717) is 24.2 Å². The first-order chi connectivity index (χ1) is 11.1. The zero-order valence-corrected chi connectivity index (χ0v) is 13.6. The fourth-order valence-electron chi connectivity index (χ4n) is 2.41. The van der Waals surface area contributed by atoms with E-state index < -0.39 is 0 Å². The fraction of sp³-hybridized carbons (Fsp3) is 0.600. The van der Waals surface area contributed by atoms with Gasteiger partial charge in [0.1, 0.15) is 6.10 Å². The molecule has 1 unspecified atom stereocenters. The van der Waals surface area contributed by atoms with E-state index in [-0.39, 0.29) is 12.0 Å². The van der Waals surface area contributed by atoms with E-state index in [1.54, 1.807) is 19.5 Å². The highest BCUT2D eigenvalue weighted by molar-refractivity contribution is 5.13. The quantitative estimate of drug-likeness (QED) is 0.794. The van der Waals surface area contributed by atoms with Gasteiger partial charge in [-0.05, 0) is 6.42 Å². The number of hydrogen-bond acceptors (Lipinski definition) is 8. The van der Waals surface area contributed by atoms with Gasteiger partial charge in [0.2, 0.25) is 5.89 Å². The molecule has 1 aliphatic rings. The molecule has 1 atom stereocenters. The second kappa shape index (κ2) is 6.91. The molecule has 0 aliphatic carbocycles. The highest BCUT2D eigenvalue weighted by atomic mass is 16.5. The number of hydrogen-bond donors (Lipinski definition) is 0. The zero-order valence-electron chi connectivity index (χ0n) is 13.6. The van der Waals surface area contributed by atoms with Crippen molar-refractivity contribution < 1.29 is 14.0 Å². The van der Waals surface area contributed by atoms with Crippen molar-refractivity contribution in [1.29, 1.82) is 0 Å². The molecule has 1 fully saturated rings. The van der Waals surface area contributed by atoms with Crippen molar-refractivity contribution in [1.82, 2.24) is 25.0 Å². The van der Waals surface area contributed by atoms with Gasteiger partial charge in [-0.3, -0.25) is 4.90 Å². The first-order valence-electron chi connectivity index (χ1n) is 7.71. The third kappa shape index (κ3) is 3.95. The van der Waals surface area contributed by atoms with Crippen molar-refractivity contribution >= 4 is 0 Å². The standard InChI is InChI=1S/C15H21N5O3/c1-10(2)14-18-13(23-19-14)9-20-5-4-11(8-20)22-15-16-6-12(21-3)7-17-15/h6-7,10-11H,4-5,8-9H2,1-3H3. The Bertz CT molecular complexity index is 628. The minimum Gasteiger partial charge on any atom is -0.494 e. The Morgan fingerprint density at radius 1 is 1.35 bits per heavy atom. The van der Waals surface area contributed by atoms with Crippen molar-refractivity contribution in [3.8, 4) is 11.8 Å². The molecule has 0 amide bonds. The normalized spacial score (nSPS) is 18.5. The van der Waals surface area contributed by atoms with Gasteiger partial charge in [-0.2, -0.15) is 15.0 Å². The van der Waals surface area contributed by atoms with Crippen molar-refractivity contribution in [2.45, 2.75) is 38.8 Å². The second-order valence-corrected chi connectivity index (χ2v) is 5.87. The molecule has 124 valence electrons. The van der Waals surface area contributed by atoms with Crippen LogP contribution in [0.15, 0.2) is 16.9 Å². The van der Waals surface area contributed by atoms with Crippen molar-refractivity contribution in [3.63, 3.8) is 0 Å². The minimum atomic E-state index is 0.0656. The van der Waals surface area contributed by atoms with Crippen LogP contribution in [-0.2, 0) is 6.54 Å². The molecule has 0 aromatic carbocycles. The summed E-state index contributed by atoms with van der Waals surface area (Å²) in [6, 6.07) is 0.373. The van der Waals surface area contributed by atoms with Crippen LogP contribution < -0.4 is 9.47 Å². The van der Waals surface area contributed by atoms with Gasteiger partial charge in [-0.25, -0.2) is 0 Å². The van der Waals surface area contributed by atoms with Crippen LogP contribution in [0.4, 0.5) is 0 Å². The number of methoxy groups -OCH3 is 1. The Morgan fingerprint density at radius 2 is 2.13 bits per heavy atom. The van der Waals surface area contributed by atoms with Gasteiger partial charge in [-0.1, -0.05) is 19.0 Å². The van der Waals surface area contributed by atoms with Gasteiger partial charge in [0.15, 0.2) is 11.6 Å². The Kier molecular flexibility index (Phi) is 4.71. The summed E-state index contributed by atoms with van der Waals surface area (Å²) in [5.41, 5.74) is 0. The Balaban J connectivity index is 1.51. The van der Waals surface area contributed by atoms with Crippen molar-refractivity contribution in [2.24, 2.45) is 0 Å². The van der Waals surface area contributed by atoms with Crippen LogP contribution >= 0.6 is 0 Å². The van der Waals surface area contributed by atoms with Gasteiger partial charge in [0.25, 0.3) is 0 Å². The molecular weight excluding hydrogens is 298 g/mol. The molecule has 8 nitrogen and oxygen atoms in total. The SMILES string of the molecule is COc1cnc(OC2CCN(Cc3nc(C(C)C)no3)C2)nc1. The summed E-state index contributed by atoms with van der Waals surface area (Å²) in [5, 5.41) is 3.98. The van der Waals surface area contributed by atoms with Gasteiger partial charge >= 0.3 is 6.01 Å². The highest BCUT2D eigenvalue weighted by Gasteiger charge is 2.26. The van der Waals surface area contributed by atoms with Crippen LogP contribution in [0.1, 0.15) is 37.9 Å². The Labute approximate surface area is 134 Å². The monoisotopic (exact) mass is 319 g/mol. The highest BCUT2D eigenvalue weighted by Crippen LogP contribution is 2.18. The van der Waals surface area contributed by atoms with Crippen LogP contribution in [0.2, 0.25) is 0 Å². The van der Waals surface area contributed by atoms with Crippen LogP contribution in [-0.4, -0.2) is 51.3 Å². The first-order valence-corrected chi connectivity index (χ1v) is 7.71. The summed E-state index contributed by atoms with van der Waals surface area (Å²) in [7, 11) is 1.58. The molecule has 3 heterocycles. The lowest BCUT2D eigenvalue weighted by molar-refractivity contribution is 0.177. The number of rotatable bonds is 6. The topological polar surface area (TPSA) is 86.4 Å². The molecule has 8 heteroatoms. The third-order valence-corrected chi connectivity index (χ3v) is 3.70.